The molecule has 2 aromatic carbocycles. The first kappa shape index (κ1) is 22.2. The van der Waals surface area contributed by atoms with Gasteiger partial charge < -0.3 is 25.4 Å². The van der Waals surface area contributed by atoms with Crippen molar-refractivity contribution < 1.29 is 14.3 Å². The maximum atomic E-state index is 11.0. The molecule has 1 atom stereocenters. The molecule has 9 heteroatoms. The Labute approximate surface area is 208 Å². The SMILES string of the molecule is Nc1nc(Nc2ccc(N3CCN(C4CCCC4)CC3)cc2)sc1C1Oc2ccc(C=O)cc2O1. The summed E-state index contributed by atoms with van der Waals surface area (Å²) in [6.07, 6.45) is 5.63. The number of piperazine rings is 1. The molecule has 0 bridgehead atoms. The second kappa shape index (κ2) is 9.39. The minimum Gasteiger partial charge on any atom is -0.446 e. The maximum absolute atomic E-state index is 11.0. The number of nitrogens with two attached hydrogens (primary N) is 1. The first-order valence-electron chi connectivity index (χ1n) is 12.2. The lowest BCUT2D eigenvalue weighted by Gasteiger charge is -2.39. The minimum atomic E-state index is -0.676. The number of thiazole rings is 1. The van der Waals surface area contributed by atoms with E-state index in [1.54, 1.807) is 18.2 Å². The summed E-state index contributed by atoms with van der Waals surface area (Å²) in [4.78, 5) is 21.3. The molecule has 0 radical (unpaired) electrons. The van der Waals surface area contributed by atoms with Crippen molar-refractivity contribution >= 4 is 39.9 Å². The van der Waals surface area contributed by atoms with Gasteiger partial charge in [0.05, 0.1) is 0 Å². The number of hydrogen-bond donors (Lipinski definition) is 2. The number of benzene rings is 2. The van der Waals surface area contributed by atoms with E-state index in [4.69, 9.17) is 15.2 Å². The van der Waals surface area contributed by atoms with Crippen LogP contribution in [-0.4, -0.2) is 48.4 Å². The number of aromatic nitrogens is 1. The molecule has 3 heterocycles. The van der Waals surface area contributed by atoms with Crippen molar-refractivity contribution in [3.8, 4) is 11.5 Å². The van der Waals surface area contributed by atoms with Crippen molar-refractivity contribution in [3.63, 3.8) is 0 Å². The van der Waals surface area contributed by atoms with Gasteiger partial charge in [-0.2, -0.15) is 0 Å². The summed E-state index contributed by atoms with van der Waals surface area (Å²) in [5.74, 6) is 1.48. The predicted octanol–water partition coefficient (Wildman–Crippen LogP) is 4.82. The smallest absolute Gasteiger partial charge is 0.280 e. The molecule has 1 saturated heterocycles. The predicted molar refractivity (Wildman–Crippen MR) is 138 cm³/mol. The van der Waals surface area contributed by atoms with Gasteiger partial charge in [-0.05, 0) is 55.3 Å². The van der Waals surface area contributed by atoms with Gasteiger partial charge in [-0.25, -0.2) is 4.98 Å². The molecule has 3 aromatic rings. The lowest BCUT2D eigenvalue weighted by Crippen LogP contribution is -2.49. The lowest BCUT2D eigenvalue weighted by molar-refractivity contribution is 0.0525. The van der Waals surface area contributed by atoms with Crippen LogP contribution in [0.1, 0.15) is 47.2 Å². The van der Waals surface area contributed by atoms with E-state index < -0.39 is 6.29 Å². The summed E-state index contributed by atoms with van der Waals surface area (Å²) in [6, 6.07) is 14.4. The number of aldehydes is 1. The number of carbonyl (C=O) groups excluding carboxylic acids is 1. The molecule has 3 N–H and O–H groups in total. The first-order chi connectivity index (χ1) is 17.2. The summed E-state index contributed by atoms with van der Waals surface area (Å²) in [6.45, 7) is 4.45. The van der Waals surface area contributed by atoms with Gasteiger partial charge in [-0.15, -0.1) is 0 Å². The zero-order chi connectivity index (χ0) is 23.8. The zero-order valence-corrected chi connectivity index (χ0v) is 20.3. The standard InChI is InChI=1S/C26H29N5O3S/c27-24-23(25-33-21-10-5-17(16-32)15-22(21)34-25)35-26(29-24)28-18-6-8-20(9-7-18)31-13-11-30(12-14-31)19-3-1-2-4-19/h5-10,15-16,19,25H,1-4,11-14,27H2,(H,28,29). The van der Waals surface area contributed by atoms with Gasteiger partial charge in [0, 0.05) is 49.2 Å². The van der Waals surface area contributed by atoms with Crippen LogP contribution in [0.3, 0.4) is 0 Å². The van der Waals surface area contributed by atoms with E-state index >= 15 is 0 Å². The highest BCUT2D eigenvalue weighted by atomic mass is 32.1. The number of nitrogens with zero attached hydrogens (tertiary/aromatic N) is 3. The van der Waals surface area contributed by atoms with Crippen molar-refractivity contribution in [3.05, 3.63) is 52.9 Å². The number of fused-ring (bicyclic) bond motifs is 1. The van der Waals surface area contributed by atoms with Gasteiger partial charge in [0.15, 0.2) is 16.6 Å². The Hall–Kier alpha value is -3.30. The van der Waals surface area contributed by atoms with E-state index in [1.165, 1.54) is 42.7 Å². The van der Waals surface area contributed by atoms with E-state index in [9.17, 15) is 4.79 Å². The fourth-order valence-corrected chi connectivity index (χ4v) is 6.07. The molecule has 2 fully saturated rings. The van der Waals surface area contributed by atoms with Gasteiger partial charge in [-0.3, -0.25) is 9.69 Å². The van der Waals surface area contributed by atoms with E-state index in [1.807, 2.05) is 0 Å². The zero-order valence-electron chi connectivity index (χ0n) is 19.5. The Morgan fingerprint density at radius 1 is 1.00 bits per heavy atom. The van der Waals surface area contributed by atoms with Crippen LogP contribution >= 0.6 is 11.3 Å². The average Bonchev–Trinajstić information content (AvgIpc) is 3.64. The summed E-state index contributed by atoms with van der Waals surface area (Å²) in [5, 5.41) is 4.02. The van der Waals surface area contributed by atoms with Gasteiger partial charge in [0.25, 0.3) is 6.29 Å². The van der Waals surface area contributed by atoms with E-state index in [2.05, 4.69) is 44.4 Å². The number of nitrogen functional groups attached to an aromatic ring is 1. The van der Waals surface area contributed by atoms with Crippen molar-refractivity contribution in [2.24, 2.45) is 0 Å². The van der Waals surface area contributed by atoms with Crippen molar-refractivity contribution in [1.82, 2.24) is 9.88 Å². The number of rotatable bonds is 6. The second-order valence-electron chi connectivity index (χ2n) is 9.29. The fraction of sp³-hybridized carbons (Fsp3) is 0.385. The molecular formula is C26H29N5O3S. The molecule has 1 aromatic heterocycles. The molecular weight excluding hydrogens is 462 g/mol. The molecule has 182 valence electrons. The molecule has 1 saturated carbocycles. The molecule has 1 unspecified atom stereocenters. The van der Waals surface area contributed by atoms with Crippen LogP contribution in [0.15, 0.2) is 42.5 Å². The minimum absolute atomic E-state index is 0.364. The van der Waals surface area contributed by atoms with Crippen LogP contribution in [0.5, 0.6) is 11.5 Å². The van der Waals surface area contributed by atoms with Crippen LogP contribution in [-0.2, 0) is 0 Å². The molecule has 35 heavy (non-hydrogen) atoms. The molecule has 0 amide bonds. The van der Waals surface area contributed by atoms with Crippen LogP contribution in [0, 0.1) is 0 Å². The van der Waals surface area contributed by atoms with E-state index in [-0.39, 0.29) is 0 Å². The summed E-state index contributed by atoms with van der Waals surface area (Å²) in [7, 11) is 0. The topological polar surface area (TPSA) is 93.0 Å². The number of anilines is 4. The van der Waals surface area contributed by atoms with Gasteiger partial charge in [0.2, 0.25) is 0 Å². The van der Waals surface area contributed by atoms with Gasteiger partial charge in [0.1, 0.15) is 17.0 Å². The highest BCUT2D eigenvalue weighted by Gasteiger charge is 2.30. The first-order valence-corrected chi connectivity index (χ1v) is 13.0. The largest absolute Gasteiger partial charge is 0.446 e. The van der Waals surface area contributed by atoms with Gasteiger partial charge >= 0.3 is 0 Å². The third kappa shape index (κ3) is 4.53. The molecule has 8 nitrogen and oxygen atoms in total. The highest BCUT2D eigenvalue weighted by Crippen LogP contribution is 2.44. The Morgan fingerprint density at radius 3 is 2.49 bits per heavy atom. The van der Waals surface area contributed by atoms with Crippen molar-refractivity contribution in [2.75, 3.05) is 42.1 Å². The molecule has 2 aliphatic heterocycles. The highest BCUT2D eigenvalue weighted by molar-refractivity contribution is 7.16. The second-order valence-corrected chi connectivity index (χ2v) is 10.3. The molecule has 0 spiro atoms. The Kier molecular flexibility index (Phi) is 5.95. The van der Waals surface area contributed by atoms with Crippen molar-refractivity contribution in [2.45, 2.75) is 38.0 Å². The van der Waals surface area contributed by atoms with E-state index in [0.717, 1.165) is 44.2 Å². The quantitative estimate of drug-likeness (QED) is 0.475. The van der Waals surface area contributed by atoms with E-state index in [0.29, 0.717) is 32.9 Å². The lowest BCUT2D eigenvalue weighted by atomic mass is 10.1. The Balaban J connectivity index is 1.07. The van der Waals surface area contributed by atoms with Crippen LogP contribution < -0.4 is 25.4 Å². The maximum Gasteiger partial charge on any atom is 0.280 e. The molecule has 6 rings (SSSR count). The van der Waals surface area contributed by atoms with Crippen LogP contribution in [0.2, 0.25) is 0 Å². The van der Waals surface area contributed by atoms with Crippen LogP contribution in [0.4, 0.5) is 22.3 Å². The number of carbonyl (C=O) groups is 1. The third-order valence-electron chi connectivity index (χ3n) is 7.11. The fourth-order valence-electron chi connectivity index (χ4n) is 5.21. The third-order valence-corrected chi connectivity index (χ3v) is 8.11. The Morgan fingerprint density at radius 2 is 1.74 bits per heavy atom. The van der Waals surface area contributed by atoms with Crippen LogP contribution in [0.25, 0.3) is 0 Å². The molecule has 1 aliphatic carbocycles. The summed E-state index contributed by atoms with van der Waals surface area (Å²) < 4.78 is 11.8. The molecule has 3 aliphatic rings. The Bertz CT molecular complexity index is 1200. The number of nitrogens with one attached hydrogen (secondary N) is 1. The normalized spacial score (nSPS) is 20.3. The monoisotopic (exact) mass is 491 g/mol. The number of ether oxygens (including phenoxy) is 2. The number of hydrogen-bond acceptors (Lipinski definition) is 9. The van der Waals surface area contributed by atoms with Crippen molar-refractivity contribution in [1.29, 1.82) is 0 Å². The van der Waals surface area contributed by atoms with Gasteiger partial charge in [-0.1, -0.05) is 24.2 Å². The average molecular weight is 492 g/mol. The summed E-state index contributed by atoms with van der Waals surface area (Å²) in [5.41, 5.74) is 8.91. The summed E-state index contributed by atoms with van der Waals surface area (Å²) >= 11 is 1.39.